The fourth-order valence-electron chi connectivity index (χ4n) is 1.46. The van der Waals surface area contributed by atoms with E-state index in [0.717, 1.165) is 56.7 Å². The van der Waals surface area contributed by atoms with Crippen LogP contribution in [-0.4, -0.2) is 42.6 Å². The fourth-order valence-corrected chi connectivity index (χ4v) is 1.46. The number of aromatic nitrogens is 2. The summed E-state index contributed by atoms with van der Waals surface area (Å²) in [6, 6.07) is 0. The maximum atomic E-state index is 5.41. The van der Waals surface area contributed by atoms with Crippen molar-refractivity contribution in [3.63, 3.8) is 0 Å². The average molecular weight is 237 g/mol. The summed E-state index contributed by atoms with van der Waals surface area (Å²) in [5, 5.41) is 10.3. The molecule has 1 aromatic rings. The maximum absolute atomic E-state index is 5.41. The van der Waals surface area contributed by atoms with Crippen molar-refractivity contribution in [1.82, 2.24) is 15.5 Å². The van der Waals surface area contributed by atoms with E-state index in [9.17, 15) is 0 Å². The van der Waals surface area contributed by atoms with E-state index in [1.54, 1.807) is 0 Å². The predicted molar refractivity (Wildman–Crippen MR) is 71.6 cm³/mol. The number of aromatic amines is 1. The van der Waals surface area contributed by atoms with Gasteiger partial charge in [0.1, 0.15) is 5.69 Å². The number of nitrogens with one attached hydrogen (secondary N) is 2. The highest BCUT2D eigenvalue weighted by molar-refractivity contribution is 5.78. The minimum absolute atomic E-state index is 0.787. The maximum Gasteiger partial charge on any atom is 0.105 e. The van der Waals surface area contributed by atoms with Crippen molar-refractivity contribution in [2.75, 3.05) is 26.2 Å². The molecule has 4 N–H and O–H groups in total. The lowest BCUT2D eigenvalue weighted by atomic mass is 10.3. The molecule has 1 heterocycles. The molecular weight excluding hydrogens is 214 g/mol. The zero-order chi connectivity index (χ0) is 12.3. The second-order valence-electron chi connectivity index (χ2n) is 4.09. The predicted octanol–water partition coefficient (Wildman–Crippen LogP) is 0.856. The Kier molecular flexibility index (Phi) is 7.25. The molecule has 5 heteroatoms. The van der Waals surface area contributed by atoms with Crippen LogP contribution in [0.3, 0.4) is 0 Å². The zero-order valence-corrected chi connectivity index (χ0v) is 10.6. The number of unbranched alkanes of at least 4 members (excludes halogenated alkanes) is 1. The Morgan fingerprint density at radius 3 is 2.94 bits per heavy atom. The summed E-state index contributed by atoms with van der Waals surface area (Å²) in [5.74, 6) is 0. The first-order valence-corrected chi connectivity index (χ1v) is 6.25. The monoisotopic (exact) mass is 237 g/mol. The molecule has 0 fully saturated rings. The molecule has 5 nitrogen and oxygen atoms in total. The van der Waals surface area contributed by atoms with Crippen molar-refractivity contribution in [2.24, 2.45) is 10.7 Å². The van der Waals surface area contributed by atoms with E-state index < -0.39 is 0 Å². The topological polar surface area (TPSA) is 79.1 Å². The summed E-state index contributed by atoms with van der Waals surface area (Å²) in [7, 11) is 0. The van der Waals surface area contributed by atoms with Gasteiger partial charge in [-0.2, -0.15) is 5.10 Å². The van der Waals surface area contributed by atoms with Crippen LogP contribution in [0.2, 0.25) is 0 Å². The lowest BCUT2D eigenvalue weighted by Gasteiger charge is -2.01. The number of H-pyrrole nitrogens is 1. The van der Waals surface area contributed by atoms with Gasteiger partial charge in [-0.05, 0) is 51.4 Å². The Hall–Kier alpha value is -1.20. The summed E-state index contributed by atoms with van der Waals surface area (Å²) in [6.45, 7) is 5.72. The number of rotatable bonds is 9. The van der Waals surface area contributed by atoms with Gasteiger partial charge < -0.3 is 11.1 Å². The molecule has 0 radical (unpaired) electrons. The van der Waals surface area contributed by atoms with Crippen LogP contribution in [0.5, 0.6) is 0 Å². The highest BCUT2D eigenvalue weighted by Gasteiger charge is 1.95. The summed E-state index contributed by atoms with van der Waals surface area (Å²) in [4.78, 5) is 4.34. The van der Waals surface area contributed by atoms with Crippen molar-refractivity contribution in [1.29, 1.82) is 0 Å². The molecule has 0 aliphatic heterocycles. The van der Waals surface area contributed by atoms with Crippen LogP contribution in [0.4, 0.5) is 0 Å². The molecule has 0 atom stereocenters. The van der Waals surface area contributed by atoms with Crippen LogP contribution in [0.1, 0.15) is 30.5 Å². The Balaban J connectivity index is 1.97. The van der Waals surface area contributed by atoms with Gasteiger partial charge in [0.05, 0.1) is 0 Å². The van der Waals surface area contributed by atoms with Gasteiger partial charge in [-0.15, -0.1) is 0 Å². The first-order valence-electron chi connectivity index (χ1n) is 6.25. The Morgan fingerprint density at radius 2 is 2.24 bits per heavy atom. The van der Waals surface area contributed by atoms with Crippen LogP contribution < -0.4 is 11.1 Å². The molecule has 0 unspecified atom stereocenters. The second-order valence-corrected chi connectivity index (χ2v) is 4.09. The Morgan fingerprint density at radius 1 is 1.41 bits per heavy atom. The Labute approximate surface area is 103 Å². The molecule has 0 aliphatic carbocycles. The third-order valence-electron chi connectivity index (χ3n) is 2.53. The van der Waals surface area contributed by atoms with Crippen molar-refractivity contribution >= 4 is 6.21 Å². The van der Waals surface area contributed by atoms with Crippen molar-refractivity contribution < 1.29 is 0 Å². The summed E-state index contributed by atoms with van der Waals surface area (Å²) >= 11 is 0. The number of hydrogen-bond acceptors (Lipinski definition) is 4. The van der Waals surface area contributed by atoms with Gasteiger partial charge in [0.2, 0.25) is 0 Å². The molecule has 1 aromatic heterocycles. The van der Waals surface area contributed by atoms with Crippen LogP contribution in [0, 0.1) is 6.92 Å². The normalized spacial score (nSPS) is 11.4. The fraction of sp³-hybridized carbons (Fsp3) is 0.667. The van der Waals surface area contributed by atoms with E-state index in [1.165, 1.54) is 0 Å². The molecule has 96 valence electrons. The highest BCUT2D eigenvalue weighted by atomic mass is 15.1. The lowest BCUT2D eigenvalue weighted by Crippen LogP contribution is -2.18. The zero-order valence-electron chi connectivity index (χ0n) is 10.6. The van der Waals surface area contributed by atoms with E-state index in [1.807, 2.05) is 19.3 Å². The molecule has 0 amide bonds. The molecular formula is C12H23N5. The van der Waals surface area contributed by atoms with Gasteiger partial charge in [-0.25, -0.2) is 0 Å². The van der Waals surface area contributed by atoms with Crippen molar-refractivity contribution in [2.45, 2.75) is 26.2 Å². The van der Waals surface area contributed by atoms with Gasteiger partial charge in [0, 0.05) is 19.0 Å². The number of nitrogens with two attached hydrogens (primary N) is 1. The molecule has 0 aliphatic rings. The number of aryl methyl sites for hydroxylation is 1. The van der Waals surface area contributed by atoms with Crippen LogP contribution in [0.25, 0.3) is 0 Å². The lowest BCUT2D eigenvalue weighted by molar-refractivity contribution is 0.611. The third kappa shape index (κ3) is 6.19. The van der Waals surface area contributed by atoms with E-state index >= 15 is 0 Å². The number of nitrogens with zero attached hydrogens (tertiary/aromatic N) is 2. The third-order valence-corrected chi connectivity index (χ3v) is 2.53. The SMILES string of the molecule is Cc1c[nH]nc1/C=N/CCCNCCCCN. The minimum atomic E-state index is 0.787. The summed E-state index contributed by atoms with van der Waals surface area (Å²) < 4.78 is 0. The van der Waals surface area contributed by atoms with E-state index in [4.69, 9.17) is 5.73 Å². The van der Waals surface area contributed by atoms with Crippen LogP contribution in [0.15, 0.2) is 11.2 Å². The van der Waals surface area contributed by atoms with Gasteiger partial charge >= 0.3 is 0 Å². The van der Waals surface area contributed by atoms with Crippen molar-refractivity contribution in [3.8, 4) is 0 Å². The summed E-state index contributed by atoms with van der Waals surface area (Å²) in [5.41, 5.74) is 7.48. The van der Waals surface area contributed by atoms with Gasteiger partial charge in [-0.3, -0.25) is 10.1 Å². The van der Waals surface area contributed by atoms with Gasteiger partial charge in [0.25, 0.3) is 0 Å². The standard InChI is InChI=1S/C12H23N5/c1-11-9-16-17-12(11)10-15-8-4-7-14-6-3-2-5-13/h9-10,14H,2-8,13H2,1H3,(H,16,17)/b15-10+. The van der Waals surface area contributed by atoms with E-state index in [2.05, 4.69) is 20.5 Å². The molecule has 0 spiro atoms. The van der Waals surface area contributed by atoms with Crippen LogP contribution >= 0.6 is 0 Å². The molecule has 0 saturated heterocycles. The van der Waals surface area contributed by atoms with Crippen LogP contribution in [-0.2, 0) is 0 Å². The molecule has 0 bridgehead atoms. The average Bonchev–Trinajstić information content (AvgIpc) is 2.73. The smallest absolute Gasteiger partial charge is 0.105 e. The van der Waals surface area contributed by atoms with E-state index in [-0.39, 0.29) is 0 Å². The first-order chi connectivity index (χ1) is 8.34. The molecule has 0 aromatic carbocycles. The highest BCUT2D eigenvalue weighted by Crippen LogP contribution is 1.97. The number of aliphatic imine (C=N–C) groups is 1. The quantitative estimate of drug-likeness (QED) is 0.440. The first kappa shape index (κ1) is 13.9. The molecule has 0 saturated carbocycles. The van der Waals surface area contributed by atoms with Gasteiger partial charge in [0.15, 0.2) is 0 Å². The van der Waals surface area contributed by atoms with E-state index in [0.29, 0.717) is 0 Å². The Bertz CT molecular complexity index is 318. The molecule has 17 heavy (non-hydrogen) atoms. The summed E-state index contributed by atoms with van der Waals surface area (Å²) in [6.07, 6.45) is 7.03. The number of hydrogen-bond donors (Lipinski definition) is 3. The van der Waals surface area contributed by atoms with Gasteiger partial charge in [-0.1, -0.05) is 0 Å². The molecule has 1 rings (SSSR count). The minimum Gasteiger partial charge on any atom is -0.330 e. The van der Waals surface area contributed by atoms with Crippen molar-refractivity contribution in [3.05, 3.63) is 17.5 Å². The second kappa shape index (κ2) is 8.90. The largest absolute Gasteiger partial charge is 0.330 e.